The van der Waals surface area contributed by atoms with Gasteiger partial charge in [0.1, 0.15) is 5.75 Å². The summed E-state index contributed by atoms with van der Waals surface area (Å²) in [6.45, 7) is 7.70. The lowest BCUT2D eigenvalue weighted by atomic mass is 10.1. The second kappa shape index (κ2) is 6.95. The van der Waals surface area contributed by atoms with Gasteiger partial charge in [0.2, 0.25) is 0 Å². The molecular formula is C17H27NO. The first kappa shape index (κ1) is 14.4. The van der Waals surface area contributed by atoms with E-state index >= 15 is 0 Å². The zero-order valence-corrected chi connectivity index (χ0v) is 12.5. The maximum Gasteiger partial charge on any atom is 0.120 e. The van der Waals surface area contributed by atoms with Gasteiger partial charge >= 0.3 is 0 Å². The Balaban J connectivity index is 2.04. The normalized spacial score (nSPS) is 17.8. The quantitative estimate of drug-likeness (QED) is 0.792. The van der Waals surface area contributed by atoms with Crippen LogP contribution in [0.3, 0.4) is 0 Å². The minimum absolute atomic E-state index is 0.355. The van der Waals surface area contributed by atoms with E-state index in [1.165, 1.54) is 30.4 Å². The van der Waals surface area contributed by atoms with Gasteiger partial charge in [-0.05, 0) is 61.9 Å². The van der Waals surface area contributed by atoms with Crippen molar-refractivity contribution in [2.75, 3.05) is 6.54 Å². The fourth-order valence-corrected chi connectivity index (χ4v) is 2.85. The van der Waals surface area contributed by atoms with Crippen LogP contribution in [0.1, 0.15) is 63.6 Å². The molecule has 1 aromatic carbocycles. The van der Waals surface area contributed by atoms with E-state index in [0.29, 0.717) is 12.1 Å². The van der Waals surface area contributed by atoms with Crippen molar-refractivity contribution in [2.45, 2.75) is 65.0 Å². The van der Waals surface area contributed by atoms with Crippen molar-refractivity contribution in [3.63, 3.8) is 0 Å². The molecule has 1 aromatic rings. The van der Waals surface area contributed by atoms with Crippen molar-refractivity contribution < 1.29 is 4.74 Å². The summed E-state index contributed by atoms with van der Waals surface area (Å²) in [6.07, 6.45) is 6.11. The van der Waals surface area contributed by atoms with Crippen LogP contribution in [0, 0.1) is 0 Å². The molecule has 0 saturated carbocycles. The van der Waals surface area contributed by atoms with Gasteiger partial charge in [0.15, 0.2) is 0 Å². The molecule has 1 unspecified atom stereocenters. The summed E-state index contributed by atoms with van der Waals surface area (Å²) in [5.41, 5.74) is 2.95. The number of hydrogen-bond donors (Lipinski definition) is 1. The molecule has 106 valence electrons. The number of fused-ring (bicyclic) bond motifs is 1. The Bertz CT molecular complexity index is 398. The van der Waals surface area contributed by atoms with Crippen molar-refractivity contribution in [3.8, 4) is 5.75 Å². The van der Waals surface area contributed by atoms with Gasteiger partial charge < -0.3 is 10.1 Å². The average molecular weight is 261 g/mol. The van der Waals surface area contributed by atoms with Crippen molar-refractivity contribution in [1.82, 2.24) is 5.32 Å². The Labute approximate surface area is 117 Å². The van der Waals surface area contributed by atoms with Crippen LogP contribution < -0.4 is 10.1 Å². The molecule has 2 rings (SSSR count). The van der Waals surface area contributed by atoms with Gasteiger partial charge in [-0.1, -0.05) is 26.8 Å². The minimum atomic E-state index is 0.355. The highest BCUT2D eigenvalue weighted by Gasteiger charge is 2.22. The largest absolute Gasteiger partial charge is 0.490 e. The summed E-state index contributed by atoms with van der Waals surface area (Å²) < 4.78 is 6.03. The molecule has 0 bridgehead atoms. The van der Waals surface area contributed by atoms with Crippen LogP contribution in [0.15, 0.2) is 18.2 Å². The highest BCUT2D eigenvalue weighted by Crippen LogP contribution is 2.33. The third-order valence-corrected chi connectivity index (χ3v) is 4.05. The predicted molar refractivity (Wildman–Crippen MR) is 80.8 cm³/mol. The molecule has 0 aliphatic heterocycles. The second-order valence-electron chi connectivity index (χ2n) is 5.46. The summed E-state index contributed by atoms with van der Waals surface area (Å²) in [6, 6.07) is 7.20. The molecule has 0 saturated heterocycles. The minimum Gasteiger partial charge on any atom is -0.490 e. The number of hydrogen-bond acceptors (Lipinski definition) is 2. The van der Waals surface area contributed by atoms with Crippen molar-refractivity contribution in [3.05, 3.63) is 29.3 Å². The van der Waals surface area contributed by atoms with Gasteiger partial charge in [0.05, 0.1) is 6.10 Å². The van der Waals surface area contributed by atoms with Crippen LogP contribution in [0.2, 0.25) is 0 Å². The molecule has 0 aromatic heterocycles. The Hall–Kier alpha value is -1.02. The lowest BCUT2D eigenvalue weighted by molar-refractivity contribution is 0.192. The number of aryl methyl sites for hydroxylation is 1. The van der Waals surface area contributed by atoms with E-state index < -0.39 is 0 Å². The predicted octanol–water partition coefficient (Wildman–Crippen LogP) is 4.24. The van der Waals surface area contributed by atoms with Crippen molar-refractivity contribution >= 4 is 0 Å². The maximum absolute atomic E-state index is 6.03. The molecule has 0 fully saturated rings. The lowest BCUT2D eigenvalue weighted by Crippen LogP contribution is -2.19. The van der Waals surface area contributed by atoms with E-state index in [1.807, 2.05) is 0 Å². The van der Waals surface area contributed by atoms with Crippen LogP contribution in [0.25, 0.3) is 0 Å². The van der Waals surface area contributed by atoms with Crippen LogP contribution in [-0.4, -0.2) is 12.6 Å². The van der Waals surface area contributed by atoms with E-state index in [1.54, 1.807) is 0 Å². The number of benzene rings is 1. The van der Waals surface area contributed by atoms with Gasteiger partial charge in [-0.3, -0.25) is 0 Å². The SMILES string of the molecule is CCCNC1CCc2cc(OC(CC)CC)ccc21. The maximum atomic E-state index is 6.03. The fourth-order valence-electron chi connectivity index (χ4n) is 2.85. The molecule has 1 aliphatic carbocycles. The van der Waals surface area contributed by atoms with Crippen LogP contribution in [0.5, 0.6) is 5.75 Å². The first-order valence-corrected chi connectivity index (χ1v) is 7.81. The third kappa shape index (κ3) is 3.50. The Morgan fingerprint density at radius 1 is 1.26 bits per heavy atom. The number of nitrogens with one attached hydrogen (secondary N) is 1. The summed E-state index contributed by atoms with van der Waals surface area (Å²) in [7, 11) is 0. The summed E-state index contributed by atoms with van der Waals surface area (Å²) in [5.74, 6) is 1.04. The summed E-state index contributed by atoms with van der Waals surface area (Å²) >= 11 is 0. The van der Waals surface area contributed by atoms with E-state index in [-0.39, 0.29) is 0 Å². The third-order valence-electron chi connectivity index (χ3n) is 4.05. The van der Waals surface area contributed by atoms with Crippen molar-refractivity contribution in [1.29, 1.82) is 0 Å². The molecule has 2 nitrogen and oxygen atoms in total. The molecule has 0 radical (unpaired) electrons. The molecule has 0 amide bonds. The van der Waals surface area contributed by atoms with Gasteiger partial charge in [0, 0.05) is 6.04 Å². The molecule has 19 heavy (non-hydrogen) atoms. The van der Waals surface area contributed by atoms with Crippen molar-refractivity contribution in [2.24, 2.45) is 0 Å². The first-order valence-electron chi connectivity index (χ1n) is 7.81. The van der Waals surface area contributed by atoms with Crippen LogP contribution in [0.4, 0.5) is 0 Å². The standard InChI is InChI=1S/C17H27NO/c1-4-11-18-17-10-7-13-12-15(8-9-16(13)17)19-14(5-2)6-3/h8-9,12,14,17-18H,4-7,10-11H2,1-3H3. The van der Waals surface area contributed by atoms with E-state index in [0.717, 1.165) is 25.1 Å². The zero-order valence-electron chi connectivity index (χ0n) is 12.5. The van der Waals surface area contributed by atoms with Crippen LogP contribution in [-0.2, 0) is 6.42 Å². The zero-order chi connectivity index (χ0) is 13.7. The molecule has 0 heterocycles. The number of ether oxygens (including phenoxy) is 1. The van der Waals surface area contributed by atoms with Gasteiger partial charge in [-0.2, -0.15) is 0 Å². The van der Waals surface area contributed by atoms with Gasteiger partial charge in [-0.25, -0.2) is 0 Å². The molecular weight excluding hydrogens is 234 g/mol. The Morgan fingerprint density at radius 3 is 2.74 bits per heavy atom. The second-order valence-corrected chi connectivity index (χ2v) is 5.46. The highest BCUT2D eigenvalue weighted by atomic mass is 16.5. The monoisotopic (exact) mass is 261 g/mol. The molecule has 0 spiro atoms. The number of rotatable bonds is 7. The van der Waals surface area contributed by atoms with E-state index in [2.05, 4.69) is 44.3 Å². The Morgan fingerprint density at radius 2 is 2.05 bits per heavy atom. The summed E-state index contributed by atoms with van der Waals surface area (Å²) in [4.78, 5) is 0. The molecule has 1 aliphatic rings. The average Bonchev–Trinajstić information content (AvgIpc) is 2.84. The summed E-state index contributed by atoms with van der Waals surface area (Å²) in [5, 5.41) is 3.63. The van der Waals surface area contributed by atoms with Gasteiger partial charge in [-0.15, -0.1) is 0 Å². The molecule has 2 heteroatoms. The highest BCUT2D eigenvalue weighted by molar-refractivity contribution is 5.40. The van der Waals surface area contributed by atoms with Gasteiger partial charge in [0.25, 0.3) is 0 Å². The molecule has 1 atom stereocenters. The lowest BCUT2D eigenvalue weighted by Gasteiger charge is -2.17. The smallest absolute Gasteiger partial charge is 0.120 e. The van der Waals surface area contributed by atoms with E-state index in [4.69, 9.17) is 4.74 Å². The molecule has 1 N–H and O–H groups in total. The van der Waals surface area contributed by atoms with Crippen LogP contribution >= 0.6 is 0 Å². The first-order chi connectivity index (χ1) is 9.28. The fraction of sp³-hybridized carbons (Fsp3) is 0.647. The topological polar surface area (TPSA) is 21.3 Å². The Kier molecular flexibility index (Phi) is 5.26. The van der Waals surface area contributed by atoms with E-state index in [9.17, 15) is 0 Å².